The Morgan fingerprint density at radius 3 is 2.36 bits per heavy atom. The van der Waals surface area contributed by atoms with E-state index in [4.69, 9.17) is 0 Å². The molecule has 2 heterocycles. The van der Waals surface area contributed by atoms with E-state index >= 15 is 0 Å². The lowest BCUT2D eigenvalue weighted by Gasteiger charge is -2.33. The molecule has 6 nitrogen and oxygen atoms in total. The number of aryl methyl sites for hydroxylation is 2. The van der Waals surface area contributed by atoms with Gasteiger partial charge in [0.25, 0.3) is 0 Å². The number of hydrogen-bond acceptors (Lipinski definition) is 6. The third-order valence-electron chi connectivity index (χ3n) is 4.89. The van der Waals surface area contributed by atoms with Crippen molar-refractivity contribution in [1.82, 2.24) is 14.9 Å². The van der Waals surface area contributed by atoms with Gasteiger partial charge in [-0.15, -0.1) is 0 Å². The van der Waals surface area contributed by atoms with Crippen molar-refractivity contribution in [1.29, 1.82) is 0 Å². The molecule has 1 saturated heterocycles. The molecule has 8 heteroatoms. The first-order chi connectivity index (χ1) is 11.6. The van der Waals surface area contributed by atoms with Crippen LogP contribution in [0, 0.1) is 20.8 Å². The molecule has 1 amide bonds. The van der Waals surface area contributed by atoms with Crippen LogP contribution in [0.4, 0.5) is 0 Å². The Labute approximate surface area is 154 Å². The molecule has 1 aliphatic rings. The van der Waals surface area contributed by atoms with Crippen molar-refractivity contribution in [3.63, 3.8) is 0 Å². The highest BCUT2D eigenvalue weighted by molar-refractivity contribution is 7.99. The smallest absolute Gasteiger partial charge is 0.233 e. The summed E-state index contributed by atoms with van der Waals surface area (Å²) in [6, 6.07) is -0.190. The maximum Gasteiger partial charge on any atom is 0.233 e. The van der Waals surface area contributed by atoms with Gasteiger partial charge in [-0.25, -0.2) is 18.4 Å². The topological polar surface area (TPSA) is 80.2 Å². The first kappa shape index (κ1) is 20.2. The van der Waals surface area contributed by atoms with E-state index in [-0.39, 0.29) is 35.2 Å². The molecule has 2 rings (SSSR count). The van der Waals surface area contributed by atoms with Gasteiger partial charge in [-0.1, -0.05) is 18.7 Å². The van der Waals surface area contributed by atoms with E-state index < -0.39 is 9.84 Å². The normalized spacial score (nSPS) is 20.4. The van der Waals surface area contributed by atoms with Gasteiger partial charge in [0, 0.05) is 23.5 Å². The third-order valence-corrected chi connectivity index (χ3v) is 7.47. The molecule has 0 spiro atoms. The number of nitrogens with zero attached hydrogens (tertiary/aromatic N) is 3. The van der Waals surface area contributed by atoms with Crippen molar-refractivity contribution in [2.24, 2.45) is 0 Å². The second kappa shape index (κ2) is 8.03. The van der Waals surface area contributed by atoms with Gasteiger partial charge in [0.2, 0.25) is 5.91 Å². The van der Waals surface area contributed by atoms with Crippen molar-refractivity contribution in [2.45, 2.75) is 64.7 Å². The Kier molecular flexibility index (Phi) is 6.48. The summed E-state index contributed by atoms with van der Waals surface area (Å²) in [6.07, 6.45) is 1.33. The first-order valence-corrected chi connectivity index (χ1v) is 11.4. The van der Waals surface area contributed by atoms with E-state index in [0.29, 0.717) is 11.6 Å². The number of carbonyl (C=O) groups excluding carboxylic acids is 1. The molecule has 0 unspecified atom stereocenters. The van der Waals surface area contributed by atoms with Crippen LogP contribution < -0.4 is 0 Å². The molecule has 0 radical (unpaired) electrons. The highest BCUT2D eigenvalue weighted by atomic mass is 32.2. The van der Waals surface area contributed by atoms with Crippen LogP contribution in [0.5, 0.6) is 0 Å². The minimum absolute atomic E-state index is 0.0220. The standard InChI is InChI=1S/C17H27N3O3S2/c1-6-11(2)20(15-7-8-25(22,23)10-15)16(21)9-24-17-18-13(4)12(3)14(5)19-17/h11,15H,6-10H2,1-5H3/t11-,15-/m0/s1. The quantitative estimate of drug-likeness (QED) is 0.552. The van der Waals surface area contributed by atoms with E-state index in [9.17, 15) is 13.2 Å². The predicted octanol–water partition coefficient (Wildman–Crippen LogP) is 2.31. The largest absolute Gasteiger partial charge is 0.335 e. The van der Waals surface area contributed by atoms with Gasteiger partial charge in [0.15, 0.2) is 15.0 Å². The second-order valence-corrected chi connectivity index (χ2v) is 9.88. The highest BCUT2D eigenvalue weighted by Crippen LogP contribution is 2.24. The molecule has 140 valence electrons. The van der Waals surface area contributed by atoms with Crippen molar-refractivity contribution in [3.8, 4) is 0 Å². The Balaban J connectivity index is 2.10. The van der Waals surface area contributed by atoms with Crippen LogP contribution in [0.25, 0.3) is 0 Å². The third kappa shape index (κ3) is 4.94. The summed E-state index contributed by atoms with van der Waals surface area (Å²) in [5, 5.41) is 0.595. The number of amides is 1. The number of sulfone groups is 1. The Hall–Kier alpha value is -1.15. The molecule has 1 aliphatic heterocycles. The summed E-state index contributed by atoms with van der Waals surface area (Å²) >= 11 is 1.32. The van der Waals surface area contributed by atoms with Crippen LogP contribution >= 0.6 is 11.8 Å². The number of carbonyl (C=O) groups is 1. The first-order valence-electron chi connectivity index (χ1n) is 8.60. The maximum atomic E-state index is 12.8. The fraction of sp³-hybridized carbons (Fsp3) is 0.706. The van der Waals surface area contributed by atoms with E-state index in [1.54, 1.807) is 4.90 Å². The average Bonchev–Trinajstić information content (AvgIpc) is 2.90. The number of thioether (sulfide) groups is 1. The van der Waals surface area contributed by atoms with Gasteiger partial charge in [0.05, 0.1) is 17.3 Å². The Bertz CT molecular complexity index is 727. The fourth-order valence-corrected chi connectivity index (χ4v) is 5.52. The molecule has 0 N–H and O–H groups in total. The summed E-state index contributed by atoms with van der Waals surface area (Å²) < 4.78 is 23.6. The summed E-state index contributed by atoms with van der Waals surface area (Å²) in [5.74, 6) is 0.432. The lowest BCUT2D eigenvalue weighted by Crippen LogP contribution is -2.47. The molecule has 0 bridgehead atoms. The Morgan fingerprint density at radius 1 is 1.28 bits per heavy atom. The molecule has 1 fully saturated rings. The van der Waals surface area contributed by atoms with Gasteiger partial charge in [0.1, 0.15) is 0 Å². The second-order valence-electron chi connectivity index (χ2n) is 6.71. The molecule has 2 atom stereocenters. The minimum atomic E-state index is -3.02. The zero-order chi connectivity index (χ0) is 18.8. The SMILES string of the molecule is CC[C@H](C)N(C(=O)CSc1nc(C)c(C)c(C)n1)[C@H]1CCS(=O)(=O)C1. The van der Waals surface area contributed by atoms with Gasteiger partial charge < -0.3 is 4.90 Å². The fourth-order valence-electron chi connectivity index (χ4n) is 3.01. The van der Waals surface area contributed by atoms with Crippen LogP contribution in [-0.4, -0.2) is 58.5 Å². The highest BCUT2D eigenvalue weighted by Gasteiger charge is 2.36. The van der Waals surface area contributed by atoms with Gasteiger partial charge in [-0.2, -0.15) is 0 Å². The molecule has 25 heavy (non-hydrogen) atoms. The maximum absolute atomic E-state index is 12.8. The summed E-state index contributed by atoms with van der Waals surface area (Å²) in [4.78, 5) is 23.4. The molecule has 1 aromatic heterocycles. The average molecular weight is 386 g/mol. The zero-order valence-corrected chi connectivity index (χ0v) is 17.2. The van der Waals surface area contributed by atoms with E-state index in [2.05, 4.69) is 9.97 Å². The van der Waals surface area contributed by atoms with Gasteiger partial charge >= 0.3 is 0 Å². The lowest BCUT2D eigenvalue weighted by molar-refractivity contribution is -0.132. The molecular formula is C17H27N3O3S2. The van der Waals surface area contributed by atoms with Crippen molar-refractivity contribution in [2.75, 3.05) is 17.3 Å². The zero-order valence-electron chi connectivity index (χ0n) is 15.6. The molecular weight excluding hydrogens is 358 g/mol. The van der Waals surface area contributed by atoms with Crippen LogP contribution in [-0.2, 0) is 14.6 Å². The van der Waals surface area contributed by atoms with Crippen LogP contribution in [0.15, 0.2) is 5.16 Å². The minimum Gasteiger partial charge on any atom is -0.335 e. The molecule has 0 aromatic carbocycles. The van der Waals surface area contributed by atoms with E-state index in [1.165, 1.54) is 11.8 Å². The summed E-state index contributed by atoms with van der Waals surface area (Å²) in [6.45, 7) is 9.84. The van der Waals surface area contributed by atoms with Crippen molar-refractivity contribution < 1.29 is 13.2 Å². The van der Waals surface area contributed by atoms with Crippen molar-refractivity contribution >= 4 is 27.5 Å². The van der Waals surface area contributed by atoms with Gasteiger partial charge in [-0.3, -0.25) is 4.79 Å². The predicted molar refractivity (Wildman–Crippen MR) is 101 cm³/mol. The van der Waals surface area contributed by atoms with Crippen molar-refractivity contribution in [3.05, 3.63) is 17.0 Å². The number of hydrogen-bond donors (Lipinski definition) is 0. The Morgan fingerprint density at radius 2 is 1.88 bits per heavy atom. The number of aromatic nitrogens is 2. The molecule has 0 saturated carbocycles. The molecule has 0 aliphatic carbocycles. The van der Waals surface area contributed by atoms with Crippen LogP contribution in [0.2, 0.25) is 0 Å². The van der Waals surface area contributed by atoms with Gasteiger partial charge in [-0.05, 0) is 46.1 Å². The monoisotopic (exact) mass is 385 g/mol. The lowest BCUT2D eigenvalue weighted by atomic mass is 10.1. The van der Waals surface area contributed by atoms with E-state index in [0.717, 1.165) is 23.4 Å². The summed E-state index contributed by atoms with van der Waals surface area (Å²) in [7, 11) is -3.02. The van der Waals surface area contributed by atoms with E-state index in [1.807, 2.05) is 34.6 Å². The number of rotatable bonds is 6. The van der Waals surface area contributed by atoms with Crippen LogP contribution in [0.3, 0.4) is 0 Å². The van der Waals surface area contributed by atoms with Crippen LogP contribution in [0.1, 0.15) is 43.6 Å². The molecule has 1 aromatic rings. The summed E-state index contributed by atoms with van der Waals surface area (Å²) in [5.41, 5.74) is 2.90.